The monoisotopic (exact) mass is 408 g/mol. The van der Waals surface area contributed by atoms with Gasteiger partial charge in [0.05, 0.1) is 0 Å². The van der Waals surface area contributed by atoms with Crippen molar-refractivity contribution < 1.29 is 65.5 Å². The molecule has 0 unspecified atom stereocenters. The molecule has 4 rings (SSSR count). The fourth-order valence-electron chi connectivity index (χ4n) is 1.65. The molecule has 24 heavy (non-hydrogen) atoms. The van der Waals surface area contributed by atoms with Crippen molar-refractivity contribution >= 4 is 31.2 Å². The van der Waals surface area contributed by atoms with Gasteiger partial charge in [-0.15, -0.1) is 8.42 Å². The maximum absolute atomic E-state index is 11.5. The normalized spacial score (nSPS) is 24.0. The second-order valence-electron chi connectivity index (χ2n) is 3.90. The summed E-state index contributed by atoms with van der Waals surface area (Å²) in [5.74, 6) is -5.30. The van der Waals surface area contributed by atoms with Crippen LogP contribution in [0.2, 0.25) is 0 Å². The zero-order valence-corrected chi connectivity index (χ0v) is 12.8. The van der Waals surface area contributed by atoms with Crippen molar-refractivity contribution in [1.82, 2.24) is 0 Å². The van der Waals surface area contributed by atoms with Gasteiger partial charge in [-0.3, -0.25) is 0 Å². The lowest BCUT2D eigenvalue weighted by atomic mass is 10.2. The second-order valence-corrected chi connectivity index (χ2v) is 7.26. The summed E-state index contributed by atoms with van der Waals surface area (Å²) in [5.41, 5.74) is 0. The lowest BCUT2D eigenvalue weighted by Crippen LogP contribution is -2.29. The molecule has 0 fully saturated rings. The minimum Gasteiger partial charge on any atom is -0.351 e. The summed E-state index contributed by atoms with van der Waals surface area (Å²) in [6, 6.07) is 0. The minimum atomic E-state index is -4.88. The van der Waals surface area contributed by atoms with Crippen molar-refractivity contribution in [1.29, 1.82) is 0 Å². The molecule has 3 aliphatic rings. The van der Waals surface area contributed by atoms with Crippen molar-refractivity contribution in [2.24, 2.45) is 0 Å². The highest BCUT2D eigenvalue weighted by molar-refractivity contribution is 7.83. The van der Waals surface area contributed by atoms with Gasteiger partial charge in [-0.2, -0.15) is 16.8 Å². The first-order chi connectivity index (χ1) is 11.1. The first-order valence-electron chi connectivity index (χ1n) is 5.22. The molecule has 0 radical (unpaired) electrons. The van der Waals surface area contributed by atoms with E-state index in [1.165, 1.54) is 0 Å². The second kappa shape index (κ2) is 4.43. The lowest BCUT2D eigenvalue weighted by Gasteiger charge is -2.26. The molecular weight excluding hydrogens is 408 g/mol. The smallest absolute Gasteiger partial charge is 0.351 e. The van der Waals surface area contributed by atoms with Crippen molar-refractivity contribution in [2.45, 2.75) is 0 Å². The van der Waals surface area contributed by atoms with Gasteiger partial charge in [0.1, 0.15) is 0 Å². The Balaban J connectivity index is 2.03. The van der Waals surface area contributed by atoms with E-state index >= 15 is 0 Å². The Labute approximate surface area is 131 Å². The predicted octanol–water partition coefficient (Wildman–Crippen LogP) is -1.47. The van der Waals surface area contributed by atoms with E-state index < -0.39 is 65.7 Å². The average molecular weight is 408 g/mol. The number of fused-ring (bicyclic) bond motifs is 3. The minimum absolute atomic E-state index is 0.808. The molecule has 0 saturated heterocycles. The number of benzene rings is 1. The fraction of sp³-hybridized carbons (Fsp3) is 0. The maximum Gasteiger partial charge on any atom is 0.501 e. The molecule has 3 heterocycles. The van der Waals surface area contributed by atoms with Crippen LogP contribution < -0.4 is 27.2 Å². The molecule has 0 aliphatic carbocycles. The van der Waals surface area contributed by atoms with Gasteiger partial charge < -0.3 is 27.2 Å². The first-order valence-corrected chi connectivity index (χ1v) is 9.22. The summed E-state index contributed by atoms with van der Waals surface area (Å²) in [4.78, 5) is 13.1. The van der Waals surface area contributed by atoms with Gasteiger partial charge in [-0.25, -0.2) is 0 Å². The standard InChI is InChI=1S/C6O15S3/c7-22(8)16-4-1-5(17-22)3(15-21-24(11,12)20-14-1)6-2(4)13-19-23(9,10)18-6. The molecule has 0 saturated carbocycles. The molecule has 0 spiro atoms. The summed E-state index contributed by atoms with van der Waals surface area (Å²) in [5, 5.41) is 0. The van der Waals surface area contributed by atoms with Crippen molar-refractivity contribution in [2.75, 3.05) is 0 Å². The van der Waals surface area contributed by atoms with E-state index in [1.807, 2.05) is 0 Å². The fourth-order valence-corrected chi connectivity index (χ4v) is 3.25. The largest absolute Gasteiger partial charge is 0.501 e. The topological polar surface area (TPSA) is 185 Å². The van der Waals surface area contributed by atoms with E-state index in [2.05, 4.69) is 40.2 Å². The quantitative estimate of drug-likeness (QED) is 0.452. The molecule has 3 aliphatic heterocycles. The Morgan fingerprint density at radius 3 is 1.17 bits per heavy atom. The van der Waals surface area contributed by atoms with Crippen LogP contribution in [0.15, 0.2) is 0 Å². The maximum atomic E-state index is 11.5. The van der Waals surface area contributed by atoms with Gasteiger partial charge >= 0.3 is 31.2 Å². The van der Waals surface area contributed by atoms with Gasteiger partial charge in [0.2, 0.25) is 17.2 Å². The zero-order chi connectivity index (χ0) is 17.3. The number of hydrogen-bond acceptors (Lipinski definition) is 15. The molecule has 4 bridgehead atoms. The summed E-state index contributed by atoms with van der Waals surface area (Å²) in [7, 11) is -14.4. The van der Waals surface area contributed by atoms with Crippen LogP contribution in [0.25, 0.3) is 0 Å². The molecule has 1 aromatic carbocycles. The van der Waals surface area contributed by atoms with Crippen LogP contribution in [0.1, 0.15) is 0 Å². The summed E-state index contributed by atoms with van der Waals surface area (Å²) < 4.78 is 92.8. The molecule has 18 heteroatoms. The molecule has 0 amide bonds. The first kappa shape index (κ1) is 15.3. The molecule has 0 atom stereocenters. The summed E-state index contributed by atoms with van der Waals surface area (Å²) >= 11 is 0. The molecular formula is C6O15S3. The van der Waals surface area contributed by atoms with Gasteiger partial charge in [0, 0.05) is 0 Å². The van der Waals surface area contributed by atoms with Gasteiger partial charge in [0.15, 0.2) is 0 Å². The zero-order valence-electron chi connectivity index (χ0n) is 10.3. The third kappa shape index (κ3) is 2.32. The molecule has 0 N–H and O–H groups in total. The molecule has 15 nitrogen and oxygen atoms in total. The molecule has 1 aromatic rings. The van der Waals surface area contributed by atoms with Gasteiger partial charge in [0.25, 0.3) is 17.2 Å². The van der Waals surface area contributed by atoms with Crippen molar-refractivity contribution in [3.63, 3.8) is 0 Å². The highest BCUT2D eigenvalue weighted by Crippen LogP contribution is 2.62. The van der Waals surface area contributed by atoms with E-state index in [-0.39, 0.29) is 0 Å². The van der Waals surface area contributed by atoms with Gasteiger partial charge in [-0.05, 0) is 13.0 Å². The third-order valence-electron chi connectivity index (χ3n) is 2.40. The van der Waals surface area contributed by atoms with Crippen LogP contribution in [0.4, 0.5) is 0 Å². The van der Waals surface area contributed by atoms with Crippen LogP contribution in [-0.2, 0) is 44.2 Å². The van der Waals surface area contributed by atoms with Crippen LogP contribution in [-0.4, -0.2) is 25.3 Å². The van der Waals surface area contributed by atoms with E-state index in [9.17, 15) is 25.3 Å². The summed E-state index contributed by atoms with van der Waals surface area (Å²) in [6.45, 7) is 0. The SMILES string of the molecule is O=S1(=O)OOc2c3c(c4c(c2OS(=O)(=O)O4)OO1)OOS(=O)(=O)O3. The van der Waals surface area contributed by atoms with Crippen LogP contribution >= 0.6 is 0 Å². The Bertz CT molecular complexity index is 1040. The molecule has 0 aromatic heterocycles. The molecule has 132 valence electrons. The van der Waals surface area contributed by atoms with Crippen molar-refractivity contribution in [3.05, 3.63) is 0 Å². The van der Waals surface area contributed by atoms with E-state index in [0.29, 0.717) is 0 Å². The number of hydrogen-bond donors (Lipinski definition) is 0. The third-order valence-corrected chi connectivity index (χ3v) is 4.21. The highest BCUT2D eigenvalue weighted by atomic mass is 32.3. The Hall–Kier alpha value is -2.25. The van der Waals surface area contributed by atoms with Gasteiger partial charge in [-0.1, -0.05) is 0 Å². The lowest BCUT2D eigenvalue weighted by molar-refractivity contribution is -0.174. The summed E-state index contributed by atoms with van der Waals surface area (Å²) in [6.07, 6.45) is 0. The highest BCUT2D eigenvalue weighted by Gasteiger charge is 2.48. The van der Waals surface area contributed by atoms with Crippen LogP contribution in [0.5, 0.6) is 34.5 Å². The predicted molar refractivity (Wildman–Crippen MR) is 60.2 cm³/mol. The van der Waals surface area contributed by atoms with Crippen LogP contribution in [0, 0.1) is 0 Å². The number of rotatable bonds is 0. The van der Waals surface area contributed by atoms with E-state index in [1.54, 1.807) is 0 Å². The Morgan fingerprint density at radius 2 is 0.750 bits per heavy atom. The van der Waals surface area contributed by atoms with Crippen molar-refractivity contribution in [3.8, 4) is 34.5 Å². The van der Waals surface area contributed by atoms with E-state index in [4.69, 9.17) is 0 Å². The average Bonchev–Trinajstić information content (AvgIpc) is 2.42. The van der Waals surface area contributed by atoms with Crippen LogP contribution in [0.3, 0.4) is 0 Å². The Kier molecular flexibility index (Phi) is 2.82. The Morgan fingerprint density at radius 1 is 0.417 bits per heavy atom. The van der Waals surface area contributed by atoms with E-state index in [0.717, 1.165) is 0 Å².